The SMILES string of the molecule is C[C@H](NC(=O)[C@@H](NC(=O)[C@@H](N)CCCCN)[C@@H](O)CN)C(=O)NCC(=O)N[C@H](CCCN)C(=O)N(C)[C@@H](C)C(=O)N[C@@H](Cc1cnc[nH]1)C(=O)N[C@@H](CCCCN)C(=O)N/C(=C\CCN=C(N)N)C(=O)O. The molecule has 400 valence electrons. The predicted molar refractivity (Wildman–Crippen MR) is 259 cm³/mol. The monoisotopic (exact) mass is 1010 g/mol. The van der Waals surface area contributed by atoms with Crippen LogP contribution in [-0.2, 0) is 49.6 Å². The number of amides is 8. The number of carboxylic acids is 1. The summed E-state index contributed by atoms with van der Waals surface area (Å²) in [6.45, 7) is 2.39. The minimum absolute atomic E-state index is 0.0148. The smallest absolute Gasteiger partial charge is 0.352 e. The molecule has 1 aromatic rings. The van der Waals surface area contributed by atoms with Crippen LogP contribution in [0.3, 0.4) is 0 Å². The van der Waals surface area contributed by atoms with E-state index in [2.05, 4.69) is 52.2 Å². The normalized spacial score (nSPS) is 14.6. The number of hydrogen-bond acceptors (Lipinski definition) is 17. The molecular weight excluding hydrogens is 933 g/mol. The van der Waals surface area contributed by atoms with Crippen LogP contribution in [0.1, 0.15) is 77.3 Å². The van der Waals surface area contributed by atoms with Gasteiger partial charge in [0.05, 0.1) is 25.0 Å². The molecule has 29 nitrogen and oxygen atoms in total. The van der Waals surface area contributed by atoms with Gasteiger partial charge < -0.3 is 97.5 Å². The molecule has 0 aliphatic carbocycles. The number of unbranched alkanes of at least 4 members (excludes halogenated alkanes) is 2. The molecule has 24 N–H and O–H groups in total. The van der Waals surface area contributed by atoms with E-state index in [-0.39, 0.29) is 64.1 Å². The van der Waals surface area contributed by atoms with Gasteiger partial charge in [0.2, 0.25) is 47.3 Å². The fourth-order valence-corrected chi connectivity index (χ4v) is 6.46. The van der Waals surface area contributed by atoms with Gasteiger partial charge in [-0.05, 0) is 84.8 Å². The van der Waals surface area contributed by atoms with Crippen molar-refractivity contribution in [2.24, 2.45) is 45.1 Å². The van der Waals surface area contributed by atoms with E-state index in [4.69, 9.17) is 40.1 Å². The summed E-state index contributed by atoms with van der Waals surface area (Å²) < 4.78 is 0. The lowest BCUT2D eigenvalue weighted by molar-refractivity contribution is -0.142. The van der Waals surface area contributed by atoms with Crippen LogP contribution in [0.25, 0.3) is 0 Å². The number of nitrogens with one attached hydrogen (secondary N) is 8. The Morgan fingerprint density at radius 3 is 1.96 bits per heavy atom. The lowest BCUT2D eigenvalue weighted by atomic mass is 10.1. The van der Waals surface area contributed by atoms with E-state index in [1.807, 2.05) is 0 Å². The molecule has 0 bridgehead atoms. The number of H-pyrrole nitrogens is 1. The highest BCUT2D eigenvalue weighted by molar-refractivity contribution is 5.98. The summed E-state index contributed by atoms with van der Waals surface area (Å²) in [6, 6.07) is -9.06. The first-order valence-corrected chi connectivity index (χ1v) is 23.2. The van der Waals surface area contributed by atoms with Gasteiger partial charge in [0.1, 0.15) is 41.9 Å². The zero-order valence-corrected chi connectivity index (χ0v) is 40.6. The fourth-order valence-electron chi connectivity index (χ4n) is 6.46. The van der Waals surface area contributed by atoms with Crippen molar-refractivity contribution >= 4 is 59.2 Å². The largest absolute Gasteiger partial charge is 0.477 e. The molecule has 1 rings (SSSR count). The third kappa shape index (κ3) is 23.6. The Hall–Kier alpha value is -6.79. The number of aromatic nitrogens is 2. The molecule has 0 unspecified atom stereocenters. The summed E-state index contributed by atoms with van der Waals surface area (Å²) in [5.74, 6) is -8.30. The summed E-state index contributed by atoms with van der Waals surface area (Å²) in [6.07, 6.45) is 4.86. The number of aliphatic hydroxyl groups excluding tert-OH is 1. The number of carbonyl (C=O) groups is 9. The third-order valence-electron chi connectivity index (χ3n) is 10.8. The number of rotatable bonds is 35. The van der Waals surface area contributed by atoms with Crippen molar-refractivity contribution in [2.75, 3.05) is 46.3 Å². The number of nitrogens with zero attached hydrogens (tertiary/aromatic N) is 3. The number of likely N-dealkylation sites (N-methyl/N-ethyl adjacent to an activating group) is 1. The minimum Gasteiger partial charge on any atom is -0.477 e. The summed E-state index contributed by atoms with van der Waals surface area (Å²) in [4.78, 5) is 130. The molecule has 71 heavy (non-hydrogen) atoms. The number of aliphatic imine (C=N–C) groups is 1. The van der Waals surface area contributed by atoms with Crippen molar-refractivity contribution in [3.8, 4) is 0 Å². The number of carbonyl (C=O) groups excluding carboxylic acids is 8. The van der Waals surface area contributed by atoms with E-state index >= 15 is 0 Å². The van der Waals surface area contributed by atoms with Gasteiger partial charge >= 0.3 is 5.97 Å². The Morgan fingerprint density at radius 1 is 0.761 bits per heavy atom. The highest BCUT2D eigenvalue weighted by atomic mass is 16.4. The lowest BCUT2D eigenvalue weighted by Gasteiger charge is -2.30. The van der Waals surface area contributed by atoms with Crippen LogP contribution in [-0.4, -0.2) is 179 Å². The van der Waals surface area contributed by atoms with E-state index in [0.29, 0.717) is 37.9 Å². The molecule has 0 aliphatic rings. The quantitative estimate of drug-likeness (QED) is 0.0130. The van der Waals surface area contributed by atoms with Crippen LogP contribution in [0.2, 0.25) is 0 Å². The highest BCUT2D eigenvalue weighted by Crippen LogP contribution is 2.10. The Labute approximate surface area is 411 Å². The van der Waals surface area contributed by atoms with E-state index in [0.717, 1.165) is 4.90 Å². The second-order valence-electron chi connectivity index (χ2n) is 16.5. The zero-order valence-electron chi connectivity index (χ0n) is 40.6. The number of nitrogens with two attached hydrogens (primary N) is 7. The number of aliphatic carboxylic acids is 1. The molecule has 1 aromatic heterocycles. The lowest BCUT2D eigenvalue weighted by Crippen LogP contribution is -2.60. The van der Waals surface area contributed by atoms with Gasteiger partial charge in [-0.1, -0.05) is 12.5 Å². The Balaban J connectivity index is 3.14. The fraction of sp³-hybridized carbons (Fsp3) is 0.643. The second kappa shape index (κ2) is 33.7. The summed E-state index contributed by atoms with van der Waals surface area (Å²) in [5.41, 5.74) is 38.8. The Kier molecular flexibility index (Phi) is 29.5. The van der Waals surface area contributed by atoms with E-state index in [9.17, 15) is 53.4 Å². The zero-order chi connectivity index (χ0) is 53.6. The molecule has 0 spiro atoms. The molecule has 0 aromatic carbocycles. The van der Waals surface area contributed by atoms with Crippen LogP contribution in [0.4, 0.5) is 0 Å². The molecule has 8 atom stereocenters. The maximum Gasteiger partial charge on any atom is 0.352 e. The van der Waals surface area contributed by atoms with Gasteiger partial charge in [0, 0.05) is 38.4 Å². The second-order valence-corrected chi connectivity index (χ2v) is 16.5. The molecule has 0 fully saturated rings. The van der Waals surface area contributed by atoms with Crippen LogP contribution in [0.5, 0.6) is 0 Å². The van der Waals surface area contributed by atoms with Gasteiger partial charge in [0.15, 0.2) is 5.96 Å². The molecule has 8 amide bonds. The Bertz CT molecular complexity index is 1950. The molecule has 0 saturated heterocycles. The average molecular weight is 1010 g/mol. The van der Waals surface area contributed by atoms with Crippen molar-refractivity contribution in [1.82, 2.24) is 52.1 Å². The number of hydrogen-bond donors (Lipinski definition) is 17. The first-order chi connectivity index (χ1) is 33.6. The number of aliphatic hydroxyl groups is 1. The van der Waals surface area contributed by atoms with Crippen LogP contribution in [0, 0.1) is 0 Å². The number of carboxylic acid groups (broad SMARTS) is 1. The topological polar surface area (TPSA) is 505 Å². The minimum atomic E-state index is -1.57. The van der Waals surface area contributed by atoms with Gasteiger partial charge in [-0.3, -0.25) is 43.3 Å². The molecule has 0 radical (unpaired) electrons. The van der Waals surface area contributed by atoms with E-state index < -0.39 is 120 Å². The average Bonchev–Trinajstić information content (AvgIpc) is 3.85. The first-order valence-electron chi connectivity index (χ1n) is 23.2. The van der Waals surface area contributed by atoms with Gasteiger partial charge in [-0.2, -0.15) is 0 Å². The molecule has 0 saturated carbocycles. The molecule has 29 heteroatoms. The van der Waals surface area contributed by atoms with Crippen molar-refractivity contribution in [3.63, 3.8) is 0 Å². The maximum absolute atomic E-state index is 13.9. The first kappa shape index (κ1) is 62.2. The van der Waals surface area contributed by atoms with Crippen LogP contribution in [0.15, 0.2) is 29.3 Å². The van der Waals surface area contributed by atoms with Gasteiger partial charge in [-0.15, -0.1) is 0 Å². The van der Waals surface area contributed by atoms with Crippen molar-refractivity contribution in [3.05, 3.63) is 30.0 Å². The standard InChI is InChI=1S/C42H76N18O11/c1-23(54-39(68)33(31(61)19-46)59-36(65)26(47)10-4-6-14-43)34(63)52-21-32(62)55-28(12-8-16-45)40(69)60(3)24(2)35(64)58-30(18-25-20-50-22-53-25)38(67)56-27(11-5-7-15-44)37(66)57-29(41(70)71)13-9-17-51-42(48)49/h13,20,22-24,26-28,30-31,33,61H,4-12,14-19,21,43-47H2,1-3H3,(H,50,53)(H,52,63)(H,54,68)(H,55,62)(H,56,67)(H,57,66)(H,58,64)(H,59,65)(H,70,71)(H4,48,49,51)/b29-13-/t23-,24-,26-,27-,28+,30-,31-,33-/m0/s1. The maximum atomic E-state index is 13.9. The number of aromatic amines is 1. The van der Waals surface area contributed by atoms with Crippen molar-refractivity contribution in [2.45, 2.75) is 126 Å². The third-order valence-corrected chi connectivity index (χ3v) is 10.8. The van der Waals surface area contributed by atoms with E-state index in [1.54, 1.807) is 0 Å². The Morgan fingerprint density at radius 2 is 1.38 bits per heavy atom. The van der Waals surface area contributed by atoms with Crippen LogP contribution >= 0.6 is 0 Å². The summed E-state index contributed by atoms with van der Waals surface area (Å²) in [5, 5.41) is 37.2. The van der Waals surface area contributed by atoms with Crippen molar-refractivity contribution < 1.29 is 53.4 Å². The number of imidazole rings is 1. The number of guanidine groups is 1. The highest BCUT2D eigenvalue weighted by Gasteiger charge is 2.34. The van der Waals surface area contributed by atoms with Gasteiger partial charge in [-0.25, -0.2) is 9.78 Å². The molecule has 0 aliphatic heterocycles. The van der Waals surface area contributed by atoms with Crippen LogP contribution < -0.4 is 77.4 Å². The predicted octanol–water partition coefficient (Wildman–Crippen LogP) is -7.25. The summed E-state index contributed by atoms with van der Waals surface area (Å²) in [7, 11) is 1.29. The van der Waals surface area contributed by atoms with Gasteiger partial charge in [0.25, 0.3) is 0 Å². The summed E-state index contributed by atoms with van der Waals surface area (Å²) >= 11 is 0. The van der Waals surface area contributed by atoms with Crippen molar-refractivity contribution in [1.29, 1.82) is 0 Å². The van der Waals surface area contributed by atoms with E-state index in [1.165, 1.54) is 39.5 Å². The molecule has 1 heterocycles. The molecular formula is C42H76N18O11.